The smallest absolute Gasteiger partial charge is 0.271 e. The second-order valence-corrected chi connectivity index (χ2v) is 6.17. The maximum Gasteiger partial charge on any atom is 0.271 e. The highest BCUT2D eigenvalue weighted by molar-refractivity contribution is 6.34. The fourth-order valence-corrected chi connectivity index (χ4v) is 2.92. The summed E-state index contributed by atoms with van der Waals surface area (Å²) in [4.78, 5) is 20.6. The standard InChI is InChI=1S/C17H16Cl2N4O/c1-11-21-13-5-2-3-6-14(13)23(11)10-4-9-20-17(24)16-12(18)7-8-15(19)22-16/h2-3,5-8H,4,9-10H2,1H3,(H,20,24). The molecular weight excluding hydrogens is 347 g/mol. The van der Waals surface area contributed by atoms with Gasteiger partial charge in [-0.05, 0) is 37.6 Å². The van der Waals surface area contributed by atoms with E-state index in [0.29, 0.717) is 6.54 Å². The van der Waals surface area contributed by atoms with Crippen molar-refractivity contribution in [3.63, 3.8) is 0 Å². The van der Waals surface area contributed by atoms with Crippen LogP contribution in [0.1, 0.15) is 22.7 Å². The van der Waals surface area contributed by atoms with Gasteiger partial charge >= 0.3 is 0 Å². The number of hydrogen-bond donors (Lipinski definition) is 1. The molecule has 0 unspecified atom stereocenters. The highest BCUT2D eigenvalue weighted by atomic mass is 35.5. The van der Waals surface area contributed by atoms with E-state index in [-0.39, 0.29) is 21.8 Å². The number of benzene rings is 1. The zero-order chi connectivity index (χ0) is 17.1. The second kappa shape index (κ2) is 7.20. The zero-order valence-electron chi connectivity index (χ0n) is 13.1. The van der Waals surface area contributed by atoms with Crippen molar-refractivity contribution in [3.05, 3.63) is 58.1 Å². The highest BCUT2D eigenvalue weighted by Gasteiger charge is 2.12. The summed E-state index contributed by atoms with van der Waals surface area (Å²) < 4.78 is 2.14. The number of carbonyl (C=O) groups excluding carboxylic acids is 1. The van der Waals surface area contributed by atoms with Gasteiger partial charge in [0, 0.05) is 13.1 Å². The molecule has 3 rings (SSSR count). The second-order valence-electron chi connectivity index (χ2n) is 5.37. The lowest BCUT2D eigenvalue weighted by atomic mass is 10.3. The first kappa shape index (κ1) is 16.7. The number of nitrogens with zero attached hydrogens (tertiary/aromatic N) is 3. The number of halogens is 2. The van der Waals surface area contributed by atoms with Crippen molar-refractivity contribution in [2.24, 2.45) is 0 Å². The lowest BCUT2D eigenvalue weighted by Crippen LogP contribution is -2.26. The predicted molar refractivity (Wildman–Crippen MR) is 95.7 cm³/mol. The molecule has 2 heterocycles. The van der Waals surface area contributed by atoms with Gasteiger partial charge in [0.25, 0.3) is 5.91 Å². The summed E-state index contributed by atoms with van der Waals surface area (Å²) in [6.07, 6.45) is 0.769. The predicted octanol–water partition coefficient (Wildman–Crippen LogP) is 3.87. The molecule has 124 valence electrons. The van der Waals surface area contributed by atoms with Gasteiger partial charge in [0.2, 0.25) is 0 Å². The van der Waals surface area contributed by atoms with E-state index in [4.69, 9.17) is 23.2 Å². The average molecular weight is 363 g/mol. The normalized spacial score (nSPS) is 11.0. The van der Waals surface area contributed by atoms with E-state index in [1.807, 2.05) is 31.2 Å². The minimum absolute atomic E-state index is 0.147. The number of amides is 1. The molecular formula is C17H16Cl2N4O. The van der Waals surface area contributed by atoms with Crippen molar-refractivity contribution in [1.82, 2.24) is 19.9 Å². The van der Waals surface area contributed by atoms with Crippen LogP contribution < -0.4 is 5.32 Å². The number of carbonyl (C=O) groups is 1. The summed E-state index contributed by atoms with van der Waals surface area (Å²) in [7, 11) is 0. The minimum Gasteiger partial charge on any atom is -0.351 e. The van der Waals surface area contributed by atoms with Crippen molar-refractivity contribution < 1.29 is 4.79 Å². The van der Waals surface area contributed by atoms with Gasteiger partial charge in [-0.2, -0.15) is 0 Å². The number of nitrogens with one attached hydrogen (secondary N) is 1. The Labute approximate surface area is 149 Å². The van der Waals surface area contributed by atoms with E-state index in [2.05, 4.69) is 19.9 Å². The monoisotopic (exact) mass is 362 g/mol. The van der Waals surface area contributed by atoms with Crippen LogP contribution in [-0.2, 0) is 6.54 Å². The molecule has 0 fully saturated rings. The van der Waals surface area contributed by atoms with Crippen LogP contribution in [0.25, 0.3) is 11.0 Å². The van der Waals surface area contributed by atoms with E-state index in [1.165, 1.54) is 0 Å². The van der Waals surface area contributed by atoms with Gasteiger partial charge in [-0.3, -0.25) is 4.79 Å². The molecule has 1 aromatic carbocycles. The van der Waals surface area contributed by atoms with Crippen molar-refractivity contribution in [2.75, 3.05) is 6.54 Å². The number of aromatic nitrogens is 3. The first-order valence-corrected chi connectivity index (χ1v) is 8.34. The Morgan fingerprint density at radius 3 is 2.79 bits per heavy atom. The van der Waals surface area contributed by atoms with E-state index >= 15 is 0 Å². The Bertz CT molecular complexity index is 891. The third-order valence-electron chi connectivity index (χ3n) is 3.72. The van der Waals surface area contributed by atoms with E-state index in [0.717, 1.165) is 29.8 Å². The molecule has 0 aliphatic rings. The molecule has 0 aliphatic heterocycles. The summed E-state index contributed by atoms with van der Waals surface area (Å²) in [6.45, 7) is 3.26. The molecule has 0 atom stereocenters. The Morgan fingerprint density at radius 2 is 1.96 bits per heavy atom. The zero-order valence-corrected chi connectivity index (χ0v) is 14.6. The van der Waals surface area contributed by atoms with E-state index in [1.54, 1.807) is 12.1 Å². The fraction of sp³-hybridized carbons (Fsp3) is 0.235. The number of aryl methyl sites for hydroxylation is 2. The number of pyridine rings is 1. The number of imidazole rings is 1. The van der Waals surface area contributed by atoms with Gasteiger partial charge in [-0.1, -0.05) is 35.3 Å². The first-order chi connectivity index (χ1) is 11.6. The Kier molecular flexibility index (Phi) is 5.02. The lowest BCUT2D eigenvalue weighted by Gasteiger charge is -2.09. The van der Waals surface area contributed by atoms with Crippen LogP contribution in [0, 0.1) is 6.92 Å². The van der Waals surface area contributed by atoms with Crippen LogP contribution in [0.5, 0.6) is 0 Å². The Balaban J connectivity index is 1.60. The fourth-order valence-electron chi connectivity index (χ4n) is 2.58. The highest BCUT2D eigenvalue weighted by Crippen LogP contribution is 2.17. The first-order valence-electron chi connectivity index (χ1n) is 7.58. The van der Waals surface area contributed by atoms with Crippen LogP contribution in [-0.4, -0.2) is 27.0 Å². The molecule has 24 heavy (non-hydrogen) atoms. The maximum absolute atomic E-state index is 12.1. The van der Waals surface area contributed by atoms with Crippen LogP contribution >= 0.6 is 23.2 Å². The topological polar surface area (TPSA) is 59.8 Å². The summed E-state index contributed by atoms with van der Waals surface area (Å²) in [6, 6.07) is 11.1. The molecule has 0 aliphatic carbocycles. The molecule has 3 aromatic rings. The third-order valence-corrected chi connectivity index (χ3v) is 4.23. The number of hydrogen-bond acceptors (Lipinski definition) is 3. The summed E-state index contributed by atoms with van der Waals surface area (Å²) in [5.74, 6) is 0.636. The largest absolute Gasteiger partial charge is 0.351 e. The van der Waals surface area contributed by atoms with Gasteiger partial charge in [-0.15, -0.1) is 0 Å². The summed E-state index contributed by atoms with van der Waals surface area (Å²) in [5, 5.41) is 3.35. The van der Waals surface area contributed by atoms with Crippen LogP contribution in [0.2, 0.25) is 10.2 Å². The van der Waals surface area contributed by atoms with Crippen molar-refractivity contribution >= 4 is 40.1 Å². The van der Waals surface area contributed by atoms with Gasteiger partial charge in [-0.25, -0.2) is 9.97 Å². The van der Waals surface area contributed by atoms with Gasteiger partial charge < -0.3 is 9.88 Å². The maximum atomic E-state index is 12.1. The quantitative estimate of drug-likeness (QED) is 0.553. The molecule has 0 spiro atoms. The number of para-hydroxylation sites is 2. The summed E-state index contributed by atoms with van der Waals surface area (Å²) in [5.41, 5.74) is 2.23. The van der Waals surface area contributed by atoms with Crippen molar-refractivity contribution in [3.8, 4) is 0 Å². The minimum atomic E-state index is -0.324. The molecule has 0 saturated heterocycles. The van der Waals surface area contributed by atoms with Crippen LogP contribution in [0.3, 0.4) is 0 Å². The van der Waals surface area contributed by atoms with Crippen molar-refractivity contribution in [2.45, 2.75) is 19.9 Å². The Hall–Kier alpha value is -2.11. The number of rotatable bonds is 5. The molecule has 0 bridgehead atoms. The lowest BCUT2D eigenvalue weighted by molar-refractivity contribution is 0.0948. The molecule has 1 N–H and O–H groups in total. The van der Waals surface area contributed by atoms with Crippen molar-refractivity contribution in [1.29, 1.82) is 0 Å². The van der Waals surface area contributed by atoms with Crippen LogP contribution in [0.15, 0.2) is 36.4 Å². The molecule has 0 radical (unpaired) electrons. The molecule has 5 nitrogen and oxygen atoms in total. The SMILES string of the molecule is Cc1nc2ccccc2n1CCCNC(=O)c1nc(Cl)ccc1Cl. The van der Waals surface area contributed by atoms with E-state index in [9.17, 15) is 4.79 Å². The summed E-state index contributed by atoms with van der Waals surface area (Å²) >= 11 is 11.8. The van der Waals surface area contributed by atoms with Crippen LogP contribution in [0.4, 0.5) is 0 Å². The average Bonchev–Trinajstić information content (AvgIpc) is 2.89. The van der Waals surface area contributed by atoms with E-state index < -0.39 is 0 Å². The van der Waals surface area contributed by atoms with Gasteiger partial charge in [0.1, 0.15) is 16.7 Å². The molecule has 1 amide bonds. The molecule has 0 saturated carbocycles. The van der Waals surface area contributed by atoms with Gasteiger partial charge in [0.05, 0.1) is 16.1 Å². The number of fused-ring (bicyclic) bond motifs is 1. The van der Waals surface area contributed by atoms with Gasteiger partial charge in [0.15, 0.2) is 0 Å². The molecule has 2 aromatic heterocycles. The third kappa shape index (κ3) is 3.52. The Morgan fingerprint density at radius 1 is 1.17 bits per heavy atom. The molecule has 7 heteroatoms.